The van der Waals surface area contributed by atoms with Crippen molar-refractivity contribution in [1.29, 1.82) is 0 Å². The molecular weight excluding hydrogens is 378 g/mol. The number of rotatable bonds is 8. The van der Waals surface area contributed by atoms with E-state index in [9.17, 15) is 0 Å². The molecule has 0 aromatic carbocycles. The highest BCUT2D eigenvalue weighted by Crippen LogP contribution is 2.39. The average Bonchev–Trinajstić information content (AvgIpc) is 3.23. The van der Waals surface area contributed by atoms with Crippen LogP contribution in [0.15, 0.2) is 6.33 Å². The molecule has 4 heterocycles. The standard InChI is InChI=1S/C19H27N5O3S/c1-19(2)9-13-14(11-27-19)28-18-16(13)17-21-15(22-24(17)12-20-18)10-23(5-7-25-3)6-8-26-4/h12H,5-11H2,1-4H3. The molecule has 9 heteroatoms. The van der Waals surface area contributed by atoms with Crippen LogP contribution in [0.25, 0.3) is 15.9 Å². The van der Waals surface area contributed by atoms with Crippen LogP contribution in [0.5, 0.6) is 0 Å². The largest absolute Gasteiger partial charge is 0.383 e. The number of aromatic nitrogens is 4. The lowest BCUT2D eigenvalue weighted by Gasteiger charge is -2.30. The Morgan fingerprint density at radius 3 is 2.71 bits per heavy atom. The Balaban J connectivity index is 1.68. The van der Waals surface area contributed by atoms with Crippen molar-refractivity contribution >= 4 is 27.2 Å². The van der Waals surface area contributed by atoms with Gasteiger partial charge in [0.25, 0.3) is 0 Å². The van der Waals surface area contributed by atoms with Crippen LogP contribution < -0.4 is 0 Å². The summed E-state index contributed by atoms with van der Waals surface area (Å²) < 4.78 is 18.2. The van der Waals surface area contributed by atoms with Crippen LogP contribution in [0.3, 0.4) is 0 Å². The summed E-state index contributed by atoms with van der Waals surface area (Å²) in [6.07, 6.45) is 2.62. The third-order valence-electron chi connectivity index (χ3n) is 5.04. The highest BCUT2D eigenvalue weighted by atomic mass is 32.1. The second-order valence-electron chi connectivity index (χ2n) is 7.71. The van der Waals surface area contributed by atoms with E-state index in [0.29, 0.717) is 26.4 Å². The summed E-state index contributed by atoms with van der Waals surface area (Å²) in [6.45, 7) is 8.49. The predicted octanol–water partition coefficient (Wildman–Crippen LogP) is 2.29. The molecule has 0 amide bonds. The Morgan fingerprint density at radius 1 is 1.25 bits per heavy atom. The monoisotopic (exact) mass is 405 g/mol. The van der Waals surface area contributed by atoms with Crippen molar-refractivity contribution < 1.29 is 14.2 Å². The second kappa shape index (κ2) is 8.00. The zero-order chi connectivity index (χ0) is 19.7. The minimum atomic E-state index is -0.173. The van der Waals surface area contributed by atoms with Gasteiger partial charge in [-0.05, 0) is 19.4 Å². The van der Waals surface area contributed by atoms with Gasteiger partial charge in [0.15, 0.2) is 11.5 Å². The Hall–Kier alpha value is -1.65. The molecule has 0 radical (unpaired) electrons. The van der Waals surface area contributed by atoms with Gasteiger partial charge in [-0.25, -0.2) is 14.5 Å². The molecule has 0 unspecified atom stereocenters. The van der Waals surface area contributed by atoms with E-state index in [0.717, 1.165) is 41.2 Å². The average molecular weight is 406 g/mol. The van der Waals surface area contributed by atoms with E-state index in [1.165, 1.54) is 10.4 Å². The fourth-order valence-corrected chi connectivity index (χ4v) is 4.63. The van der Waals surface area contributed by atoms with Crippen molar-refractivity contribution in [3.05, 3.63) is 22.6 Å². The van der Waals surface area contributed by atoms with Gasteiger partial charge in [-0.2, -0.15) is 0 Å². The summed E-state index contributed by atoms with van der Waals surface area (Å²) >= 11 is 1.70. The second-order valence-corrected chi connectivity index (χ2v) is 8.80. The molecule has 8 nitrogen and oxygen atoms in total. The van der Waals surface area contributed by atoms with Crippen LogP contribution >= 0.6 is 11.3 Å². The molecule has 3 aromatic heterocycles. The molecule has 4 rings (SSSR count). The quantitative estimate of drug-likeness (QED) is 0.569. The first-order valence-corrected chi connectivity index (χ1v) is 10.3. The summed E-state index contributed by atoms with van der Waals surface area (Å²) in [4.78, 5) is 14.0. The van der Waals surface area contributed by atoms with Gasteiger partial charge in [-0.3, -0.25) is 4.90 Å². The van der Waals surface area contributed by atoms with Crippen LogP contribution in [-0.4, -0.2) is 70.6 Å². The molecule has 0 fully saturated rings. The van der Waals surface area contributed by atoms with Crippen LogP contribution in [0.2, 0.25) is 0 Å². The maximum absolute atomic E-state index is 5.98. The van der Waals surface area contributed by atoms with Gasteiger partial charge in [0, 0.05) is 38.6 Å². The number of nitrogens with zero attached hydrogens (tertiary/aromatic N) is 5. The number of thiophene rings is 1. The van der Waals surface area contributed by atoms with Crippen molar-refractivity contribution in [3.8, 4) is 0 Å². The fraction of sp³-hybridized carbons (Fsp3) is 0.632. The zero-order valence-corrected chi connectivity index (χ0v) is 17.7. The van der Waals surface area contributed by atoms with E-state index in [4.69, 9.17) is 19.2 Å². The predicted molar refractivity (Wildman–Crippen MR) is 108 cm³/mol. The molecule has 0 bridgehead atoms. The summed E-state index contributed by atoms with van der Waals surface area (Å²) in [7, 11) is 3.43. The van der Waals surface area contributed by atoms with Gasteiger partial charge < -0.3 is 14.2 Å². The SMILES string of the molecule is COCCN(CCOC)Cc1nc2c3c4c(sc3ncn2n1)COC(C)(C)C4. The minimum absolute atomic E-state index is 0.173. The van der Waals surface area contributed by atoms with Crippen LogP contribution in [0.1, 0.15) is 30.1 Å². The summed E-state index contributed by atoms with van der Waals surface area (Å²) in [6, 6.07) is 0. The smallest absolute Gasteiger partial charge is 0.168 e. The number of methoxy groups -OCH3 is 2. The van der Waals surface area contributed by atoms with E-state index in [2.05, 4.69) is 28.8 Å². The van der Waals surface area contributed by atoms with Crippen LogP contribution in [0, 0.1) is 0 Å². The molecule has 3 aromatic rings. The van der Waals surface area contributed by atoms with Gasteiger partial charge in [-0.15, -0.1) is 16.4 Å². The zero-order valence-electron chi connectivity index (χ0n) is 16.9. The number of hydrogen-bond acceptors (Lipinski definition) is 8. The highest BCUT2D eigenvalue weighted by molar-refractivity contribution is 7.19. The third-order valence-corrected chi connectivity index (χ3v) is 6.15. The first kappa shape index (κ1) is 19.7. The van der Waals surface area contributed by atoms with Crippen molar-refractivity contribution in [2.45, 2.75) is 39.0 Å². The highest BCUT2D eigenvalue weighted by Gasteiger charge is 2.30. The third kappa shape index (κ3) is 3.90. The molecular formula is C19H27N5O3S. The lowest BCUT2D eigenvalue weighted by molar-refractivity contribution is -0.0379. The summed E-state index contributed by atoms with van der Waals surface area (Å²) in [5.74, 6) is 0.785. The molecule has 0 N–H and O–H groups in total. The van der Waals surface area contributed by atoms with E-state index < -0.39 is 0 Å². The van der Waals surface area contributed by atoms with Crippen LogP contribution in [-0.2, 0) is 33.8 Å². The van der Waals surface area contributed by atoms with Gasteiger partial charge >= 0.3 is 0 Å². The van der Waals surface area contributed by atoms with Gasteiger partial charge in [-0.1, -0.05) is 0 Å². The lowest BCUT2D eigenvalue weighted by atomic mass is 9.94. The number of ether oxygens (including phenoxy) is 3. The Morgan fingerprint density at radius 2 is 2.00 bits per heavy atom. The van der Waals surface area contributed by atoms with E-state index in [1.807, 2.05) is 0 Å². The lowest BCUT2D eigenvalue weighted by Crippen LogP contribution is -2.31. The number of fused-ring (bicyclic) bond motifs is 5. The van der Waals surface area contributed by atoms with E-state index in [1.54, 1.807) is 36.4 Å². The maximum Gasteiger partial charge on any atom is 0.168 e. The van der Waals surface area contributed by atoms with E-state index in [-0.39, 0.29) is 5.60 Å². The first-order valence-electron chi connectivity index (χ1n) is 9.49. The van der Waals surface area contributed by atoms with E-state index >= 15 is 0 Å². The molecule has 1 aliphatic rings. The Bertz CT molecular complexity index is 959. The normalized spacial score (nSPS) is 16.3. The molecule has 1 aliphatic heterocycles. The van der Waals surface area contributed by atoms with Gasteiger partial charge in [0.05, 0.1) is 37.4 Å². The maximum atomic E-state index is 5.98. The molecule has 0 spiro atoms. The first-order chi connectivity index (χ1) is 13.5. The topological polar surface area (TPSA) is 74.0 Å². The minimum Gasteiger partial charge on any atom is -0.383 e. The van der Waals surface area contributed by atoms with Crippen molar-refractivity contribution in [2.24, 2.45) is 0 Å². The molecule has 0 saturated heterocycles. The van der Waals surface area contributed by atoms with Crippen molar-refractivity contribution in [1.82, 2.24) is 24.5 Å². The van der Waals surface area contributed by atoms with Crippen molar-refractivity contribution in [3.63, 3.8) is 0 Å². The summed E-state index contributed by atoms with van der Waals surface area (Å²) in [5, 5.41) is 5.80. The molecule has 0 saturated carbocycles. The van der Waals surface area contributed by atoms with Crippen LogP contribution in [0.4, 0.5) is 0 Å². The summed E-state index contributed by atoms with van der Waals surface area (Å²) in [5.41, 5.74) is 2.02. The number of hydrogen-bond donors (Lipinski definition) is 0. The van der Waals surface area contributed by atoms with Gasteiger partial charge in [0.1, 0.15) is 11.2 Å². The molecule has 152 valence electrons. The molecule has 0 atom stereocenters. The van der Waals surface area contributed by atoms with Crippen molar-refractivity contribution in [2.75, 3.05) is 40.5 Å². The van der Waals surface area contributed by atoms with Gasteiger partial charge in [0.2, 0.25) is 0 Å². The Labute approximate surface area is 168 Å². The molecule has 0 aliphatic carbocycles. The Kier molecular flexibility index (Phi) is 5.62. The fourth-order valence-electron chi connectivity index (χ4n) is 3.56. The molecule has 28 heavy (non-hydrogen) atoms.